The van der Waals surface area contributed by atoms with Gasteiger partial charge in [0.25, 0.3) is 5.91 Å². The van der Waals surface area contributed by atoms with E-state index >= 15 is 0 Å². The highest BCUT2D eigenvalue weighted by molar-refractivity contribution is 6.31. The number of nitrogens with one attached hydrogen (secondary N) is 2. The van der Waals surface area contributed by atoms with E-state index in [1.54, 1.807) is 25.3 Å². The fraction of sp³-hybridized carbons (Fsp3) is 0.333. The van der Waals surface area contributed by atoms with Crippen molar-refractivity contribution in [2.24, 2.45) is 5.73 Å². The zero-order chi connectivity index (χ0) is 16.7. The van der Waals surface area contributed by atoms with Gasteiger partial charge in [0.05, 0.1) is 30.1 Å². The minimum Gasteiger partial charge on any atom is -0.491 e. The number of aromatic nitrogens is 2. The van der Waals surface area contributed by atoms with Crippen LogP contribution in [0.4, 0.5) is 0 Å². The van der Waals surface area contributed by atoms with Crippen molar-refractivity contribution in [1.82, 2.24) is 15.5 Å². The first-order chi connectivity index (χ1) is 11.1. The van der Waals surface area contributed by atoms with E-state index in [0.29, 0.717) is 42.6 Å². The lowest BCUT2D eigenvalue weighted by atomic mass is 10.2. The monoisotopic (exact) mass is 338 g/mol. The van der Waals surface area contributed by atoms with Crippen molar-refractivity contribution in [2.45, 2.75) is 13.2 Å². The van der Waals surface area contributed by atoms with E-state index in [9.17, 15) is 4.79 Å². The van der Waals surface area contributed by atoms with Gasteiger partial charge in [0.1, 0.15) is 12.4 Å². The van der Waals surface area contributed by atoms with Gasteiger partial charge in [-0.1, -0.05) is 11.6 Å². The van der Waals surface area contributed by atoms with Gasteiger partial charge >= 0.3 is 0 Å². The van der Waals surface area contributed by atoms with Gasteiger partial charge in [0.15, 0.2) is 0 Å². The number of nitrogens with two attached hydrogens (primary N) is 1. The van der Waals surface area contributed by atoms with Gasteiger partial charge in [-0.05, 0) is 24.3 Å². The quantitative estimate of drug-likeness (QED) is 0.676. The minimum atomic E-state index is -0.289. The maximum atomic E-state index is 12.3. The van der Waals surface area contributed by atoms with E-state index in [4.69, 9.17) is 26.8 Å². The molecule has 4 N–H and O–H groups in total. The Bertz CT molecular complexity index is 660. The predicted octanol–water partition coefficient (Wildman–Crippen LogP) is 1.48. The lowest BCUT2D eigenvalue weighted by Crippen LogP contribution is -2.24. The molecule has 1 amide bonds. The third-order valence-corrected chi connectivity index (χ3v) is 3.21. The molecule has 0 saturated heterocycles. The fourth-order valence-corrected chi connectivity index (χ4v) is 2.14. The van der Waals surface area contributed by atoms with Gasteiger partial charge in [-0.3, -0.25) is 9.89 Å². The Morgan fingerprint density at radius 1 is 1.43 bits per heavy atom. The van der Waals surface area contributed by atoms with Crippen molar-refractivity contribution in [3.05, 3.63) is 46.2 Å². The molecular weight excluding hydrogens is 320 g/mol. The summed E-state index contributed by atoms with van der Waals surface area (Å²) < 4.78 is 10.5. The van der Waals surface area contributed by atoms with Crippen LogP contribution in [0.2, 0.25) is 5.02 Å². The number of benzene rings is 1. The van der Waals surface area contributed by atoms with Crippen LogP contribution in [-0.2, 0) is 17.9 Å². The van der Waals surface area contributed by atoms with E-state index in [-0.39, 0.29) is 5.91 Å². The number of rotatable bonds is 8. The summed E-state index contributed by atoms with van der Waals surface area (Å²) in [6.45, 7) is 1.40. The highest BCUT2D eigenvalue weighted by Crippen LogP contribution is 2.23. The number of carbonyl (C=O) groups excluding carboxylic acids is 1. The molecule has 1 aromatic heterocycles. The van der Waals surface area contributed by atoms with Gasteiger partial charge < -0.3 is 20.5 Å². The first-order valence-electron chi connectivity index (χ1n) is 7.06. The lowest BCUT2D eigenvalue weighted by molar-refractivity contribution is 0.0946. The van der Waals surface area contributed by atoms with Crippen molar-refractivity contribution in [3.63, 3.8) is 0 Å². The summed E-state index contributed by atoms with van der Waals surface area (Å²) in [5.41, 5.74) is 7.33. The number of hydrogen-bond donors (Lipinski definition) is 3. The summed E-state index contributed by atoms with van der Waals surface area (Å²) in [5.74, 6) is 0.157. The summed E-state index contributed by atoms with van der Waals surface area (Å²) in [4.78, 5) is 12.3. The number of amides is 1. The van der Waals surface area contributed by atoms with E-state index in [1.807, 2.05) is 6.07 Å². The van der Waals surface area contributed by atoms with Crippen LogP contribution in [0.3, 0.4) is 0 Å². The zero-order valence-electron chi connectivity index (χ0n) is 12.8. The molecule has 0 aliphatic rings. The maximum absolute atomic E-state index is 12.3. The third-order valence-electron chi connectivity index (χ3n) is 2.98. The van der Waals surface area contributed by atoms with E-state index in [2.05, 4.69) is 15.5 Å². The lowest BCUT2D eigenvalue weighted by Gasteiger charge is -2.11. The first-order valence-corrected chi connectivity index (χ1v) is 7.44. The molecule has 0 aliphatic carbocycles. The predicted molar refractivity (Wildman–Crippen MR) is 86.5 cm³/mol. The number of hydrogen-bond acceptors (Lipinski definition) is 5. The van der Waals surface area contributed by atoms with E-state index in [1.165, 1.54) is 0 Å². The van der Waals surface area contributed by atoms with Crippen molar-refractivity contribution < 1.29 is 14.3 Å². The molecule has 0 unspecified atom stereocenters. The molecule has 0 aliphatic heterocycles. The Hall–Kier alpha value is -2.09. The SMILES string of the molecule is COCc1cc(CNC(=O)c2cc(Cl)ccc2OCCN)[nH]n1. The largest absolute Gasteiger partial charge is 0.491 e. The number of nitrogens with zero attached hydrogens (tertiary/aromatic N) is 1. The van der Waals surface area contributed by atoms with Gasteiger partial charge in [0.2, 0.25) is 0 Å². The van der Waals surface area contributed by atoms with Crippen molar-refractivity contribution in [3.8, 4) is 5.75 Å². The number of carbonyl (C=O) groups is 1. The van der Waals surface area contributed by atoms with E-state index < -0.39 is 0 Å². The fourth-order valence-electron chi connectivity index (χ4n) is 1.97. The molecule has 0 spiro atoms. The highest BCUT2D eigenvalue weighted by Gasteiger charge is 2.14. The molecule has 0 bridgehead atoms. The van der Waals surface area contributed by atoms with Crippen LogP contribution < -0.4 is 15.8 Å². The van der Waals surface area contributed by atoms with Crippen LogP contribution in [0.5, 0.6) is 5.75 Å². The Morgan fingerprint density at radius 3 is 3.00 bits per heavy atom. The Morgan fingerprint density at radius 2 is 2.26 bits per heavy atom. The van der Waals surface area contributed by atoms with Crippen molar-refractivity contribution in [1.29, 1.82) is 0 Å². The zero-order valence-corrected chi connectivity index (χ0v) is 13.5. The second-order valence-corrected chi connectivity index (χ2v) is 5.21. The summed E-state index contributed by atoms with van der Waals surface area (Å²) in [6, 6.07) is 6.70. The second-order valence-electron chi connectivity index (χ2n) is 4.78. The molecule has 0 atom stereocenters. The van der Waals surface area contributed by atoms with Crippen molar-refractivity contribution >= 4 is 17.5 Å². The molecule has 0 saturated carbocycles. The Kier molecular flexibility index (Phi) is 6.40. The molecule has 8 heteroatoms. The average molecular weight is 339 g/mol. The maximum Gasteiger partial charge on any atom is 0.255 e. The Labute approximate surface area is 139 Å². The Balaban J connectivity index is 2.02. The molecule has 2 aromatic rings. The van der Waals surface area contributed by atoms with Crippen LogP contribution in [0.15, 0.2) is 24.3 Å². The van der Waals surface area contributed by atoms with Gasteiger partial charge in [-0.25, -0.2) is 0 Å². The summed E-state index contributed by atoms with van der Waals surface area (Å²) in [6.07, 6.45) is 0. The normalized spacial score (nSPS) is 10.6. The summed E-state index contributed by atoms with van der Waals surface area (Å²) >= 11 is 5.96. The smallest absolute Gasteiger partial charge is 0.255 e. The molecule has 0 fully saturated rings. The third kappa shape index (κ3) is 4.95. The number of methoxy groups -OCH3 is 1. The number of H-pyrrole nitrogens is 1. The average Bonchev–Trinajstić information content (AvgIpc) is 2.99. The molecular formula is C15H19ClN4O3. The summed E-state index contributed by atoms with van der Waals surface area (Å²) in [5, 5.41) is 10.2. The topological polar surface area (TPSA) is 102 Å². The molecule has 1 aromatic carbocycles. The van der Waals surface area contributed by atoms with Crippen LogP contribution in [0, 0.1) is 0 Å². The number of halogens is 1. The number of aromatic amines is 1. The van der Waals surface area contributed by atoms with Crippen LogP contribution in [0.1, 0.15) is 21.7 Å². The molecule has 1 heterocycles. The highest BCUT2D eigenvalue weighted by atomic mass is 35.5. The minimum absolute atomic E-state index is 0.289. The van der Waals surface area contributed by atoms with Crippen molar-refractivity contribution in [2.75, 3.05) is 20.3 Å². The molecule has 7 nitrogen and oxygen atoms in total. The van der Waals surface area contributed by atoms with Crippen LogP contribution >= 0.6 is 11.6 Å². The molecule has 23 heavy (non-hydrogen) atoms. The van der Waals surface area contributed by atoms with Gasteiger partial charge in [-0.2, -0.15) is 5.10 Å². The molecule has 124 valence electrons. The van der Waals surface area contributed by atoms with Gasteiger partial charge in [0, 0.05) is 18.7 Å². The molecule has 2 rings (SSSR count). The van der Waals surface area contributed by atoms with Crippen LogP contribution in [0.25, 0.3) is 0 Å². The van der Waals surface area contributed by atoms with Crippen LogP contribution in [-0.4, -0.2) is 36.4 Å². The summed E-state index contributed by atoms with van der Waals surface area (Å²) in [7, 11) is 1.60. The second kappa shape index (κ2) is 8.52. The molecule has 0 radical (unpaired) electrons. The van der Waals surface area contributed by atoms with E-state index in [0.717, 1.165) is 11.4 Å². The standard InChI is InChI=1S/C15H19ClN4O3/c1-22-9-12-7-11(19-20-12)8-18-15(21)13-6-10(16)2-3-14(13)23-5-4-17/h2-3,6-7H,4-5,8-9,17H2,1H3,(H,18,21)(H,19,20). The van der Waals surface area contributed by atoms with Gasteiger partial charge in [-0.15, -0.1) is 0 Å². The first kappa shape index (κ1) is 17.3. The number of ether oxygens (including phenoxy) is 2.